The molecule has 2 N–H and O–H groups in total. The number of aliphatic hydroxyl groups excluding tert-OH is 1. The van der Waals surface area contributed by atoms with Crippen LogP contribution in [0.15, 0.2) is 23.1 Å². The van der Waals surface area contributed by atoms with Gasteiger partial charge in [0, 0.05) is 13.1 Å². The maximum atomic E-state index is 12.1. The average Bonchev–Trinajstić information content (AvgIpc) is 2.78. The van der Waals surface area contributed by atoms with Crippen molar-refractivity contribution in [1.82, 2.24) is 14.9 Å². The summed E-state index contributed by atoms with van der Waals surface area (Å²) in [4.78, 5) is 20.6. The summed E-state index contributed by atoms with van der Waals surface area (Å²) in [6, 6.07) is 0. The lowest BCUT2D eigenvalue weighted by Gasteiger charge is -2.19. The Balaban J connectivity index is 0.000000902. The predicted molar refractivity (Wildman–Crippen MR) is 75.6 cm³/mol. The second kappa shape index (κ2) is 6.18. The SMILES string of the molecule is Cl.Cl.O=C1C(NCCO)=CC2=NCCn3cnc1c32. The quantitative estimate of drug-likeness (QED) is 0.835. The van der Waals surface area contributed by atoms with Gasteiger partial charge in [0.05, 0.1) is 36.6 Å². The number of nitrogens with one attached hydrogen (secondary N) is 1. The van der Waals surface area contributed by atoms with Crippen molar-refractivity contribution in [3.8, 4) is 0 Å². The van der Waals surface area contributed by atoms with E-state index in [9.17, 15) is 4.79 Å². The predicted octanol–water partition coefficient (Wildman–Crippen LogP) is 0.191. The van der Waals surface area contributed by atoms with Crippen LogP contribution in [0.3, 0.4) is 0 Å². The molecule has 1 aliphatic carbocycles. The van der Waals surface area contributed by atoms with E-state index in [0.717, 1.165) is 18.0 Å². The van der Waals surface area contributed by atoms with Gasteiger partial charge in [0.25, 0.3) is 0 Å². The van der Waals surface area contributed by atoms with Gasteiger partial charge >= 0.3 is 0 Å². The lowest BCUT2D eigenvalue weighted by Crippen LogP contribution is -2.31. The Morgan fingerprint density at radius 2 is 2.21 bits per heavy atom. The lowest BCUT2D eigenvalue weighted by molar-refractivity contribution is 0.102. The fourth-order valence-electron chi connectivity index (χ4n) is 2.11. The maximum Gasteiger partial charge on any atom is 0.229 e. The number of hydrogen-bond acceptors (Lipinski definition) is 5. The van der Waals surface area contributed by atoms with E-state index in [-0.39, 0.29) is 37.2 Å². The van der Waals surface area contributed by atoms with Crippen LogP contribution in [0.4, 0.5) is 0 Å². The van der Waals surface area contributed by atoms with Crippen molar-refractivity contribution in [3.05, 3.63) is 29.5 Å². The van der Waals surface area contributed by atoms with Gasteiger partial charge < -0.3 is 15.0 Å². The minimum atomic E-state index is -0.131. The van der Waals surface area contributed by atoms with Crippen LogP contribution in [0.5, 0.6) is 0 Å². The Morgan fingerprint density at radius 1 is 1.42 bits per heavy atom. The number of carbonyl (C=O) groups is 1. The van der Waals surface area contributed by atoms with Crippen LogP contribution < -0.4 is 5.32 Å². The van der Waals surface area contributed by atoms with E-state index in [2.05, 4.69) is 15.3 Å². The number of aliphatic hydroxyl groups is 1. The smallest absolute Gasteiger partial charge is 0.229 e. The van der Waals surface area contributed by atoms with Gasteiger partial charge in [0.15, 0.2) is 0 Å². The molecule has 3 rings (SSSR count). The van der Waals surface area contributed by atoms with Crippen LogP contribution in [-0.2, 0) is 6.54 Å². The van der Waals surface area contributed by atoms with Crippen molar-refractivity contribution < 1.29 is 9.90 Å². The molecule has 0 amide bonds. The number of rotatable bonds is 3. The van der Waals surface area contributed by atoms with E-state index in [1.54, 1.807) is 12.4 Å². The molecule has 8 heteroatoms. The van der Waals surface area contributed by atoms with E-state index in [1.807, 2.05) is 4.57 Å². The molecule has 0 unspecified atom stereocenters. The molecule has 0 atom stereocenters. The van der Waals surface area contributed by atoms with Gasteiger partial charge in [-0.3, -0.25) is 9.79 Å². The summed E-state index contributed by atoms with van der Waals surface area (Å²) in [5, 5.41) is 11.7. The van der Waals surface area contributed by atoms with E-state index < -0.39 is 0 Å². The van der Waals surface area contributed by atoms with Crippen LogP contribution >= 0.6 is 24.8 Å². The Hall–Kier alpha value is -1.37. The van der Waals surface area contributed by atoms with Crippen LogP contribution in [0, 0.1) is 0 Å². The van der Waals surface area contributed by atoms with Gasteiger partial charge in [0.2, 0.25) is 5.78 Å². The first-order valence-electron chi connectivity index (χ1n) is 5.52. The highest BCUT2D eigenvalue weighted by molar-refractivity contribution is 6.24. The van der Waals surface area contributed by atoms with Gasteiger partial charge in [-0.15, -0.1) is 24.8 Å². The molecule has 1 aromatic heterocycles. The highest BCUT2D eigenvalue weighted by Gasteiger charge is 2.30. The molecular formula is C11H14Cl2N4O2. The first-order chi connectivity index (χ1) is 8.31. The summed E-state index contributed by atoms with van der Waals surface area (Å²) in [5.74, 6) is -0.131. The topological polar surface area (TPSA) is 79.5 Å². The first kappa shape index (κ1) is 15.7. The number of halogens is 2. The van der Waals surface area contributed by atoms with E-state index >= 15 is 0 Å². The Bertz CT molecular complexity index is 551. The second-order valence-corrected chi connectivity index (χ2v) is 3.94. The molecular weight excluding hydrogens is 291 g/mol. The highest BCUT2D eigenvalue weighted by Crippen LogP contribution is 2.21. The second-order valence-electron chi connectivity index (χ2n) is 3.94. The number of allylic oxidation sites excluding steroid dienone is 2. The molecule has 104 valence electrons. The zero-order chi connectivity index (χ0) is 11.8. The molecule has 1 aromatic rings. The molecule has 0 bridgehead atoms. The summed E-state index contributed by atoms with van der Waals surface area (Å²) in [7, 11) is 0. The fraction of sp³-hybridized carbons (Fsp3) is 0.364. The molecule has 1 aliphatic heterocycles. The van der Waals surface area contributed by atoms with Gasteiger partial charge in [-0.2, -0.15) is 0 Å². The average molecular weight is 305 g/mol. The molecule has 0 aromatic carbocycles. The third kappa shape index (κ3) is 2.51. The third-order valence-corrected chi connectivity index (χ3v) is 2.87. The number of ketones is 1. The first-order valence-corrected chi connectivity index (χ1v) is 5.52. The molecule has 2 heterocycles. The summed E-state index contributed by atoms with van der Waals surface area (Å²) >= 11 is 0. The number of carbonyl (C=O) groups excluding carboxylic acids is 1. The largest absolute Gasteiger partial charge is 0.395 e. The Kier molecular flexibility index (Phi) is 5.11. The van der Waals surface area contributed by atoms with Gasteiger partial charge in [-0.25, -0.2) is 4.98 Å². The lowest BCUT2D eigenvalue weighted by atomic mass is 10.0. The van der Waals surface area contributed by atoms with E-state index in [4.69, 9.17) is 5.11 Å². The van der Waals surface area contributed by atoms with Crippen LogP contribution in [-0.4, -0.2) is 45.8 Å². The number of nitrogens with zero attached hydrogens (tertiary/aromatic N) is 3. The van der Waals surface area contributed by atoms with Crippen molar-refractivity contribution in [2.24, 2.45) is 4.99 Å². The van der Waals surface area contributed by atoms with Crippen molar-refractivity contribution >= 4 is 36.3 Å². The number of imidazole rings is 1. The molecule has 0 radical (unpaired) electrons. The zero-order valence-electron chi connectivity index (χ0n) is 10.00. The zero-order valence-corrected chi connectivity index (χ0v) is 11.6. The summed E-state index contributed by atoms with van der Waals surface area (Å²) in [5.41, 5.74) is 2.52. The minimum absolute atomic E-state index is 0. The monoisotopic (exact) mass is 304 g/mol. The van der Waals surface area contributed by atoms with Crippen LogP contribution in [0.25, 0.3) is 0 Å². The maximum absolute atomic E-state index is 12.1. The number of aliphatic imine (C=N–C) groups is 1. The van der Waals surface area contributed by atoms with Gasteiger partial charge in [0.1, 0.15) is 5.69 Å². The van der Waals surface area contributed by atoms with Gasteiger partial charge in [-0.05, 0) is 6.08 Å². The molecule has 0 saturated carbocycles. The fourth-order valence-corrected chi connectivity index (χ4v) is 2.11. The van der Waals surface area contributed by atoms with E-state index in [1.165, 1.54) is 0 Å². The van der Waals surface area contributed by atoms with E-state index in [0.29, 0.717) is 24.5 Å². The third-order valence-electron chi connectivity index (χ3n) is 2.87. The molecule has 6 nitrogen and oxygen atoms in total. The molecule has 0 saturated heterocycles. The standard InChI is InChI=1S/C11H12N4O2.2ClH/c16-4-2-13-8-5-7-10-9(11(8)17)14-6-15(10)3-1-12-7;;/h5-6,13,16H,1-4H2;2*1H. The molecule has 0 fully saturated rings. The molecule has 2 aliphatic rings. The molecule has 0 spiro atoms. The normalized spacial score (nSPS) is 15.5. The minimum Gasteiger partial charge on any atom is -0.395 e. The Morgan fingerprint density at radius 3 is 2.95 bits per heavy atom. The number of hydrogen-bond donors (Lipinski definition) is 2. The highest BCUT2D eigenvalue weighted by atomic mass is 35.5. The summed E-state index contributed by atoms with van der Waals surface area (Å²) in [6.07, 6.45) is 3.41. The van der Waals surface area contributed by atoms with Crippen molar-refractivity contribution in [2.45, 2.75) is 6.54 Å². The number of aromatic nitrogens is 2. The van der Waals surface area contributed by atoms with Crippen LogP contribution in [0.1, 0.15) is 16.2 Å². The van der Waals surface area contributed by atoms with Crippen molar-refractivity contribution in [2.75, 3.05) is 19.7 Å². The number of Topliss-reactive ketones (excluding diaryl/α,β-unsaturated/α-hetero) is 1. The van der Waals surface area contributed by atoms with Crippen LogP contribution in [0.2, 0.25) is 0 Å². The van der Waals surface area contributed by atoms with Crippen molar-refractivity contribution in [1.29, 1.82) is 0 Å². The van der Waals surface area contributed by atoms with Crippen molar-refractivity contribution in [3.63, 3.8) is 0 Å². The Labute approximate surface area is 122 Å². The summed E-state index contributed by atoms with van der Waals surface area (Å²) < 4.78 is 1.95. The summed E-state index contributed by atoms with van der Waals surface area (Å²) in [6.45, 7) is 1.81. The molecule has 19 heavy (non-hydrogen) atoms. The van der Waals surface area contributed by atoms with Gasteiger partial charge in [-0.1, -0.05) is 0 Å².